The van der Waals surface area contributed by atoms with Crippen LogP contribution in [0.25, 0.3) is 0 Å². The Morgan fingerprint density at radius 1 is 0.947 bits per heavy atom. The Balaban J connectivity index is 1.45. The second-order valence-electron chi connectivity index (χ2n) is 9.63. The van der Waals surface area contributed by atoms with Gasteiger partial charge in [0.25, 0.3) is 0 Å². The fourth-order valence-corrected chi connectivity index (χ4v) is 5.40. The van der Waals surface area contributed by atoms with Crippen LogP contribution < -0.4 is 21.3 Å². The molecule has 5 rings (SSSR count). The number of hydrogen-bond acceptors (Lipinski definition) is 8. The van der Waals surface area contributed by atoms with Crippen molar-refractivity contribution < 1.29 is 9.59 Å². The Bertz CT molecular complexity index is 1290. The number of benzene rings is 2. The van der Waals surface area contributed by atoms with Crippen molar-refractivity contribution >= 4 is 46.6 Å². The molecular weight excluding hydrogens is 498 g/mol. The lowest BCUT2D eigenvalue weighted by atomic mass is 10.1. The molecule has 2 aromatic carbocycles. The second kappa shape index (κ2) is 12.3. The van der Waals surface area contributed by atoms with Gasteiger partial charge in [0.05, 0.1) is 6.04 Å². The molecule has 38 heavy (non-hydrogen) atoms. The fraction of sp³-hybridized carbons (Fsp3) is 0.357. The first-order chi connectivity index (χ1) is 18.6. The van der Waals surface area contributed by atoms with Gasteiger partial charge in [-0.05, 0) is 73.2 Å². The van der Waals surface area contributed by atoms with Crippen LogP contribution in [0.5, 0.6) is 0 Å². The van der Waals surface area contributed by atoms with Crippen LogP contribution >= 0.6 is 11.8 Å². The van der Waals surface area contributed by atoms with E-state index in [0.717, 1.165) is 47.6 Å². The van der Waals surface area contributed by atoms with Crippen molar-refractivity contribution in [1.29, 1.82) is 0 Å². The van der Waals surface area contributed by atoms with Crippen LogP contribution in [0.3, 0.4) is 0 Å². The van der Waals surface area contributed by atoms with E-state index in [-0.39, 0.29) is 17.9 Å². The van der Waals surface area contributed by atoms with Gasteiger partial charge in [0.15, 0.2) is 0 Å². The zero-order valence-electron chi connectivity index (χ0n) is 21.4. The molecule has 10 heteroatoms. The number of carbonyl (C=O) groups is 2. The van der Waals surface area contributed by atoms with Crippen LogP contribution in [-0.2, 0) is 22.7 Å². The van der Waals surface area contributed by atoms with E-state index in [9.17, 15) is 9.59 Å². The van der Waals surface area contributed by atoms with Crippen LogP contribution in [0.1, 0.15) is 30.4 Å². The molecule has 6 bridgehead atoms. The van der Waals surface area contributed by atoms with Crippen molar-refractivity contribution in [3.05, 3.63) is 72.1 Å². The summed E-state index contributed by atoms with van der Waals surface area (Å²) in [7, 11) is 0. The van der Waals surface area contributed by atoms with Gasteiger partial charge in [0.2, 0.25) is 11.8 Å². The van der Waals surface area contributed by atoms with E-state index in [4.69, 9.17) is 0 Å². The highest BCUT2D eigenvalue weighted by molar-refractivity contribution is 7.98. The minimum Gasteiger partial charge on any atom is -0.350 e. The van der Waals surface area contributed by atoms with E-state index in [2.05, 4.69) is 48.3 Å². The van der Waals surface area contributed by atoms with Gasteiger partial charge in [-0.1, -0.05) is 24.3 Å². The average molecular weight is 532 g/mol. The van der Waals surface area contributed by atoms with Crippen molar-refractivity contribution in [1.82, 2.24) is 25.5 Å². The maximum atomic E-state index is 13.4. The fourth-order valence-electron chi connectivity index (χ4n) is 4.93. The SMILES string of the molecule is CSCC[C@@H]1NC(=O)C2CCCN2Cc2cccc(c2)Nc2cc(ncn2)Nc2cccc(c2)CNC1=O. The summed E-state index contributed by atoms with van der Waals surface area (Å²) in [6.45, 7) is 1.86. The van der Waals surface area contributed by atoms with E-state index in [1.807, 2.05) is 48.7 Å². The molecule has 4 N–H and O–H groups in total. The van der Waals surface area contributed by atoms with E-state index >= 15 is 0 Å². The molecule has 2 aliphatic heterocycles. The third-order valence-electron chi connectivity index (χ3n) is 6.83. The highest BCUT2D eigenvalue weighted by Gasteiger charge is 2.33. The Morgan fingerprint density at radius 3 is 2.39 bits per heavy atom. The molecule has 0 radical (unpaired) electrons. The molecule has 0 spiro atoms. The van der Waals surface area contributed by atoms with Crippen molar-refractivity contribution in [2.45, 2.75) is 44.4 Å². The molecule has 2 aliphatic rings. The number of amides is 2. The first-order valence-electron chi connectivity index (χ1n) is 12.9. The zero-order valence-corrected chi connectivity index (χ0v) is 22.3. The number of nitrogens with zero attached hydrogens (tertiary/aromatic N) is 3. The molecule has 3 heterocycles. The molecule has 0 saturated carbocycles. The largest absolute Gasteiger partial charge is 0.350 e. The topological polar surface area (TPSA) is 111 Å². The number of aromatic nitrogens is 2. The Kier molecular flexibility index (Phi) is 8.40. The van der Waals surface area contributed by atoms with Gasteiger partial charge in [0, 0.05) is 30.5 Å². The Hall–Kier alpha value is -3.63. The van der Waals surface area contributed by atoms with Crippen molar-refractivity contribution in [2.24, 2.45) is 0 Å². The molecule has 2 atom stereocenters. The van der Waals surface area contributed by atoms with Crippen LogP contribution in [0, 0.1) is 0 Å². The van der Waals surface area contributed by atoms with Gasteiger partial charge in [-0.25, -0.2) is 9.97 Å². The van der Waals surface area contributed by atoms with Crippen molar-refractivity contribution in [2.75, 3.05) is 29.2 Å². The standard InChI is InChI=1S/C28H33N7O2S/c1-38-12-10-23-27(36)29-16-19-5-2-7-21(13-19)32-25-15-26(31-18-30-25)33-22-8-3-6-20(14-22)17-35-11-4-9-24(35)28(37)34-23/h2-3,5-8,13-15,18,23-24H,4,9-12,16-17H2,1H3,(H,29,36)(H,34,37)(H2,30,31,32,33)/t23-,24?/m0/s1. The lowest BCUT2D eigenvalue weighted by molar-refractivity contribution is -0.131. The minimum atomic E-state index is -0.573. The predicted octanol–water partition coefficient (Wildman–Crippen LogP) is 3.80. The maximum absolute atomic E-state index is 13.4. The summed E-state index contributed by atoms with van der Waals surface area (Å²) in [6.07, 6.45) is 5.84. The van der Waals surface area contributed by atoms with Crippen molar-refractivity contribution in [3.63, 3.8) is 0 Å². The normalized spacial score (nSPS) is 20.3. The van der Waals surface area contributed by atoms with Gasteiger partial charge < -0.3 is 21.3 Å². The molecule has 1 saturated heterocycles. The third-order valence-corrected chi connectivity index (χ3v) is 7.47. The average Bonchev–Trinajstić information content (AvgIpc) is 3.38. The molecule has 0 aliphatic carbocycles. The zero-order chi connectivity index (χ0) is 26.3. The Morgan fingerprint density at radius 2 is 1.66 bits per heavy atom. The molecule has 3 aromatic rings. The van der Waals surface area contributed by atoms with Crippen LogP contribution in [-0.4, -0.2) is 57.3 Å². The molecule has 1 fully saturated rings. The molecule has 1 unspecified atom stereocenters. The van der Waals surface area contributed by atoms with E-state index in [1.165, 1.54) is 6.33 Å². The number of hydrogen-bond donors (Lipinski definition) is 4. The van der Waals surface area contributed by atoms with Crippen LogP contribution in [0.15, 0.2) is 60.9 Å². The van der Waals surface area contributed by atoms with Gasteiger partial charge in [-0.2, -0.15) is 11.8 Å². The lowest BCUT2D eigenvalue weighted by Gasteiger charge is -2.26. The maximum Gasteiger partial charge on any atom is 0.242 e. The Labute approximate surface area is 227 Å². The highest BCUT2D eigenvalue weighted by atomic mass is 32.2. The van der Waals surface area contributed by atoms with E-state index in [0.29, 0.717) is 31.1 Å². The highest BCUT2D eigenvalue weighted by Crippen LogP contribution is 2.24. The number of nitrogens with one attached hydrogen (secondary N) is 4. The summed E-state index contributed by atoms with van der Waals surface area (Å²) in [6, 6.07) is 17.0. The first kappa shape index (κ1) is 26.0. The van der Waals surface area contributed by atoms with Gasteiger partial charge in [-0.15, -0.1) is 0 Å². The van der Waals surface area contributed by atoms with E-state index in [1.54, 1.807) is 11.8 Å². The van der Waals surface area contributed by atoms with Crippen molar-refractivity contribution in [3.8, 4) is 0 Å². The second-order valence-corrected chi connectivity index (χ2v) is 10.6. The van der Waals surface area contributed by atoms with Gasteiger partial charge in [0.1, 0.15) is 24.0 Å². The van der Waals surface area contributed by atoms with Crippen LogP contribution in [0.2, 0.25) is 0 Å². The first-order valence-corrected chi connectivity index (χ1v) is 14.3. The quantitative estimate of drug-likeness (QED) is 0.404. The van der Waals surface area contributed by atoms with E-state index < -0.39 is 6.04 Å². The van der Waals surface area contributed by atoms with Gasteiger partial charge >= 0.3 is 0 Å². The minimum absolute atomic E-state index is 0.0767. The number of thioether (sulfide) groups is 1. The smallest absolute Gasteiger partial charge is 0.242 e. The summed E-state index contributed by atoms with van der Waals surface area (Å²) >= 11 is 1.67. The number of carbonyl (C=O) groups excluding carboxylic acids is 2. The summed E-state index contributed by atoms with van der Waals surface area (Å²) in [5.41, 5.74) is 3.81. The molecular formula is C28H33N7O2S. The lowest BCUT2D eigenvalue weighted by Crippen LogP contribution is -2.52. The summed E-state index contributed by atoms with van der Waals surface area (Å²) in [4.78, 5) is 37.5. The van der Waals surface area contributed by atoms with Gasteiger partial charge in [-0.3, -0.25) is 14.5 Å². The summed E-state index contributed by atoms with van der Waals surface area (Å²) in [5.74, 6) is 1.88. The third kappa shape index (κ3) is 6.62. The molecule has 9 nitrogen and oxygen atoms in total. The number of rotatable bonds is 3. The molecule has 2 amide bonds. The summed E-state index contributed by atoms with van der Waals surface area (Å²) in [5, 5.41) is 12.8. The number of fused-ring (bicyclic) bond motifs is 7. The molecule has 198 valence electrons. The summed E-state index contributed by atoms with van der Waals surface area (Å²) < 4.78 is 0. The van der Waals surface area contributed by atoms with Crippen LogP contribution in [0.4, 0.5) is 23.0 Å². The molecule has 1 aromatic heterocycles. The monoisotopic (exact) mass is 531 g/mol. The number of anilines is 4. The predicted molar refractivity (Wildman–Crippen MR) is 152 cm³/mol.